The van der Waals surface area contributed by atoms with Gasteiger partial charge < -0.3 is 10.4 Å². The fraction of sp³-hybridized carbons (Fsp3) is 0. The Morgan fingerprint density at radius 2 is 1.95 bits per heavy atom. The molecule has 2 N–H and O–H groups in total. The first-order valence-electron chi connectivity index (χ1n) is 6.01. The van der Waals surface area contributed by atoms with Gasteiger partial charge in [-0.25, -0.2) is 9.37 Å². The molecule has 104 valence electrons. The van der Waals surface area contributed by atoms with Crippen molar-refractivity contribution < 1.29 is 14.3 Å². The molecule has 1 amide bonds. The lowest BCUT2D eigenvalue weighted by atomic mass is 10.1. The Kier molecular flexibility index (Phi) is 3.15. The van der Waals surface area contributed by atoms with Gasteiger partial charge in [0.15, 0.2) is 11.6 Å². The Hall–Kier alpha value is -3.09. The van der Waals surface area contributed by atoms with E-state index in [4.69, 9.17) is 0 Å². The zero-order valence-corrected chi connectivity index (χ0v) is 10.6. The molecule has 3 aromatic rings. The fourth-order valence-electron chi connectivity index (χ4n) is 1.88. The number of hydrogen-bond acceptors (Lipinski definition) is 5. The average molecular weight is 284 g/mol. The van der Waals surface area contributed by atoms with E-state index in [9.17, 15) is 14.3 Å². The molecular weight excluding hydrogens is 275 g/mol. The number of fused-ring (bicyclic) bond motifs is 1. The zero-order chi connectivity index (χ0) is 14.8. The molecule has 0 aliphatic carbocycles. The van der Waals surface area contributed by atoms with Gasteiger partial charge >= 0.3 is 0 Å². The molecule has 0 spiro atoms. The highest BCUT2D eigenvalue weighted by Crippen LogP contribution is 2.21. The van der Waals surface area contributed by atoms with Crippen LogP contribution in [0, 0.1) is 5.82 Å². The summed E-state index contributed by atoms with van der Waals surface area (Å²) in [5.74, 6) is -1.42. The van der Waals surface area contributed by atoms with Crippen LogP contribution >= 0.6 is 0 Å². The third kappa shape index (κ3) is 2.48. The van der Waals surface area contributed by atoms with Crippen molar-refractivity contribution in [3.8, 4) is 5.75 Å². The van der Waals surface area contributed by atoms with Gasteiger partial charge in [-0.15, -0.1) is 0 Å². The predicted molar refractivity (Wildman–Crippen MR) is 73.4 cm³/mol. The van der Waals surface area contributed by atoms with Crippen LogP contribution in [0.25, 0.3) is 11.0 Å². The number of aromatic hydroxyl groups is 1. The second kappa shape index (κ2) is 5.12. The summed E-state index contributed by atoms with van der Waals surface area (Å²) in [5.41, 5.74) is 0.558. The molecule has 21 heavy (non-hydrogen) atoms. The van der Waals surface area contributed by atoms with Crippen LogP contribution in [0.15, 0.2) is 42.9 Å². The maximum absolute atomic E-state index is 13.6. The average Bonchev–Trinajstić information content (AvgIpc) is 2.48. The molecule has 0 unspecified atom stereocenters. The highest BCUT2D eigenvalue weighted by atomic mass is 19.1. The van der Waals surface area contributed by atoms with Crippen molar-refractivity contribution in [2.75, 3.05) is 5.32 Å². The van der Waals surface area contributed by atoms with Crippen molar-refractivity contribution >= 4 is 22.8 Å². The third-order valence-electron chi connectivity index (χ3n) is 2.80. The summed E-state index contributed by atoms with van der Waals surface area (Å²) < 4.78 is 13.6. The number of nitrogens with zero attached hydrogens (tertiary/aromatic N) is 3. The topological polar surface area (TPSA) is 88.0 Å². The number of pyridine rings is 1. The van der Waals surface area contributed by atoms with Gasteiger partial charge in [0.05, 0.1) is 11.1 Å². The summed E-state index contributed by atoms with van der Waals surface area (Å²) in [6, 6.07) is 5.16. The lowest BCUT2D eigenvalue weighted by molar-refractivity contribution is 0.102. The number of rotatable bonds is 2. The maximum atomic E-state index is 13.6. The van der Waals surface area contributed by atoms with Gasteiger partial charge in [0.1, 0.15) is 11.3 Å². The van der Waals surface area contributed by atoms with Crippen LogP contribution in [0.1, 0.15) is 10.4 Å². The molecule has 0 bridgehead atoms. The number of benzene rings is 1. The number of aromatic nitrogens is 3. The predicted octanol–water partition coefficient (Wildman–Crippen LogP) is 2.12. The summed E-state index contributed by atoms with van der Waals surface area (Å²) in [6.07, 6.45) is 4.24. The molecular formula is C14H9FN4O2. The SMILES string of the molecule is O=C(Nc1ncccc1O)c1cc(F)cc2nccnc12. The number of halogens is 1. The minimum atomic E-state index is -0.631. The molecule has 0 saturated heterocycles. The molecule has 0 aliphatic heterocycles. The van der Waals surface area contributed by atoms with Crippen molar-refractivity contribution in [3.05, 3.63) is 54.2 Å². The molecule has 7 heteroatoms. The number of carbonyl (C=O) groups excluding carboxylic acids is 1. The Labute approximate surface area is 118 Å². The zero-order valence-electron chi connectivity index (χ0n) is 10.6. The second-order valence-corrected chi connectivity index (χ2v) is 4.20. The van der Waals surface area contributed by atoms with E-state index in [0.29, 0.717) is 0 Å². The molecule has 6 nitrogen and oxygen atoms in total. The molecule has 0 saturated carbocycles. The first-order valence-corrected chi connectivity index (χ1v) is 6.01. The minimum absolute atomic E-state index is 0.0104. The van der Waals surface area contributed by atoms with Crippen LogP contribution < -0.4 is 5.32 Å². The number of nitrogens with one attached hydrogen (secondary N) is 1. The van der Waals surface area contributed by atoms with Gasteiger partial charge in [-0.3, -0.25) is 14.8 Å². The lowest BCUT2D eigenvalue weighted by Gasteiger charge is -2.07. The Balaban J connectivity index is 2.04. The lowest BCUT2D eigenvalue weighted by Crippen LogP contribution is -2.14. The van der Waals surface area contributed by atoms with Gasteiger partial charge in [0, 0.05) is 24.7 Å². The molecule has 2 heterocycles. The highest BCUT2D eigenvalue weighted by molar-refractivity contribution is 6.11. The Bertz CT molecular complexity index is 838. The van der Waals surface area contributed by atoms with Crippen LogP contribution in [0.4, 0.5) is 10.2 Å². The Morgan fingerprint density at radius 1 is 1.14 bits per heavy atom. The van der Waals surface area contributed by atoms with E-state index >= 15 is 0 Å². The summed E-state index contributed by atoms with van der Waals surface area (Å²) in [7, 11) is 0. The van der Waals surface area contributed by atoms with Gasteiger partial charge in [0.2, 0.25) is 0 Å². The van der Waals surface area contributed by atoms with Crippen molar-refractivity contribution in [2.45, 2.75) is 0 Å². The van der Waals surface area contributed by atoms with E-state index in [1.807, 2.05) is 0 Å². The summed E-state index contributed by atoms with van der Waals surface area (Å²) in [4.78, 5) is 24.1. The van der Waals surface area contributed by atoms with Crippen LogP contribution in [-0.2, 0) is 0 Å². The molecule has 3 rings (SSSR count). The van der Waals surface area contributed by atoms with E-state index in [-0.39, 0.29) is 28.2 Å². The molecule has 0 aliphatic rings. The monoisotopic (exact) mass is 284 g/mol. The largest absolute Gasteiger partial charge is 0.504 e. The van der Waals surface area contributed by atoms with Gasteiger partial charge in [0.25, 0.3) is 5.91 Å². The number of carbonyl (C=O) groups is 1. The first-order chi connectivity index (χ1) is 10.1. The normalized spacial score (nSPS) is 10.5. The molecule has 0 radical (unpaired) electrons. The molecule has 0 atom stereocenters. The maximum Gasteiger partial charge on any atom is 0.259 e. The number of hydrogen-bond donors (Lipinski definition) is 2. The van der Waals surface area contributed by atoms with Crippen LogP contribution in [0.2, 0.25) is 0 Å². The van der Waals surface area contributed by atoms with Crippen molar-refractivity contribution in [3.63, 3.8) is 0 Å². The first kappa shape index (κ1) is 12.9. The number of anilines is 1. The molecule has 0 fully saturated rings. The van der Waals surface area contributed by atoms with Crippen LogP contribution in [0.3, 0.4) is 0 Å². The van der Waals surface area contributed by atoms with Crippen molar-refractivity contribution in [2.24, 2.45) is 0 Å². The van der Waals surface area contributed by atoms with E-state index in [2.05, 4.69) is 20.3 Å². The summed E-state index contributed by atoms with van der Waals surface area (Å²) >= 11 is 0. The van der Waals surface area contributed by atoms with E-state index in [1.54, 1.807) is 0 Å². The van der Waals surface area contributed by atoms with Gasteiger partial charge in [-0.2, -0.15) is 0 Å². The van der Waals surface area contributed by atoms with E-state index in [0.717, 1.165) is 6.07 Å². The van der Waals surface area contributed by atoms with E-state index < -0.39 is 11.7 Å². The summed E-state index contributed by atoms with van der Waals surface area (Å²) in [6.45, 7) is 0. The van der Waals surface area contributed by atoms with Crippen LogP contribution in [-0.4, -0.2) is 26.0 Å². The van der Waals surface area contributed by atoms with Crippen LogP contribution in [0.5, 0.6) is 5.75 Å². The van der Waals surface area contributed by atoms with Gasteiger partial charge in [-0.05, 0) is 18.2 Å². The van der Waals surface area contributed by atoms with Gasteiger partial charge in [-0.1, -0.05) is 0 Å². The standard InChI is InChI=1S/C14H9FN4O2/c15-8-6-9(12-10(7-8)16-4-5-17-12)14(21)19-13-11(20)2-1-3-18-13/h1-7,20H,(H,18,19,21). The summed E-state index contributed by atoms with van der Waals surface area (Å²) in [5, 5.41) is 12.0. The quantitative estimate of drug-likeness (QED) is 0.752. The molecule has 2 aromatic heterocycles. The smallest absolute Gasteiger partial charge is 0.259 e. The van der Waals surface area contributed by atoms with E-state index in [1.165, 1.54) is 36.8 Å². The Morgan fingerprint density at radius 3 is 2.76 bits per heavy atom. The number of amides is 1. The third-order valence-corrected chi connectivity index (χ3v) is 2.80. The second-order valence-electron chi connectivity index (χ2n) is 4.20. The minimum Gasteiger partial charge on any atom is -0.504 e. The fourth-order valence-corrected chi connectivity index (χ4v) is 1.88. The highest BCUT2D eigenvalue weighted by Gasteiger charge is 2.15. The van der Waals surface area contributed by atoms with Crippen molar-refractivity contribution in [1.82, 2.24) is 15.0 Å². The van der Waals surface area contributed by atoms with Crippen molar-refractivity contribution in [1.29, 1.82) is 0 Å². The molecule has 1 aromatic carbocycles.